The van der Waals surface area contributed by atoms with Crippen LogP contribution in [0.25, 0.3) is 10.9 Å². The molecule has 0 radical (unpaired) electrons. The van der Waals surface area contributed by atoms with Crippen LogP contribution in [0.5, 0.6) is 5.75 Å². The van der Waals surface area contributed by atoms with Gasteiger partial charge in [-0.15, -0.1) is 0 Å². The second-order valence-electron chi connectivity index (χ2n) is 5.29. The molecular weight excluding hydrogens is 456 g/mol. The highest BCUT2D eigenvalue weighted by Gasteiger charge is 2.05. The van der Waals surface area contributed by atoms with Crippen molar-refractivity contribution in [3.63, 3.8) is 0 Å². The molecule has 146 valence electrons. The van der Waals surface area contributed by atoms with Crippen LogP contribution >= 0.6 is 27.5 Å². The fraction of sp³-hybridized carbons (Fsp3) is 0.111. The lowest BCUT2D eigenvalue weighted by Crippen LogP contribution is -2.23. The van der Waals surface area contributed by atoms with Crippen molar-refractivity contribution in [3.05, 3.63) is 68.6 Å². The summed E-state index contributed by atoms with van der Waals surface area (Å²) in [5.74, 6) is -2.96. The molecule has 0 aliphatic carbocycles. The van der Waals surface area contributed by atoms with E-state index in [0.717, 1.165) is 4.47 Å². The van der Waals surface area contributed by atoms with Gasteiger partial charge in [-0.05, 0) is 46.3 Å². The summed E-state index contributed by atoms with van der Waals surface area (Å²) in [5.41, 5.74) is 0.634. The van der Waals surface area contributed by atoms with Gasteiger partial charge in [0.1, 0.15) is 12.4 Å². The van der Waals surface area contributed by atoms with E-state index >= 15 is 0 Å². The molecule has 0 atom stereocenters. The van der Waals surface area contributed by atoms with E-state index in [1.54, 1.807) is 35.2 Å². The average Bonchev–Trinajstić information content (AvgIpc) is 2.66. The number of carboxylic acid groups (broad SMARTS) is 2. The molecule has 0 fully saturated rings. The molecule has 1 aromatic heterocycles. The first kappa shape index (κ1) is 21.4. The lowest BCUT2D eigenvalue weighted by Gasteiger charge is -2.10. The van der Waals surface area contributed by atoms with Crippen molar-refractivity contribution in [3.8, 4) is 5.75 Å². The summed E-state index contributed by atoms with van der Waals surface area (Å²) in [4.78, 5) is 34.8. The van der Waals surface area contributed by atoms with Crippen molar-refractivity contribution in [2.24, 2.45) is 0 Å². The molecule has 1 heterocycles. The van der Waals surface area contributed by atoms with Crippen molar-refractivity contribution in [1.82, 2.24) is 9.55 Å². The summed E-state index contributed by atoms with van der Waals surface area (Å²) in [6, 6.07) is 12.6. The number of ether oxygens (including phenoxy) is 1. The quantitative estimate of drug-likeness (QED) is 0.564. The molecule has 0 bridgehead atoms. The van der Waals surface area contributed by atoms with Gasteiger partial charge in [-0.25, -0.2) is 14.6 Å². The van der Waals surface area contributed by atoms with Gasteiger partial charge >= 0.3 is 11.9 Å². The molecule has 2 aromatic carbocycles. The summed E-state index contributed by atoms with van der Waals surface area (Å²) in [6.07, 6.45) is 1.55. The van der Waals surface area contributed by atoms with Gasteiger partial charge in [0.2, 0.25) is 0 Å². The Morgan fingerprint density at radius 2 is 1.82 bits per heavy atom. The molecule has 0 amide bonds. The Labute approximate surface area is 172 Å². The normalized spacial score (nSPS) is 10.1. The molecule has 3 aromatic rings. The number of halogens is 2. The van der Waals surface area contributed by atoms with E-state index in [1.165, 1.54) is 0 Å². The van der Waals surface area contributed by atoms with Crippen LogP contribution in [0.4, 0.5) is 0 Å². The van der Waals surface area contributed by atoms with E-state index in [4.69, 9.17) is 36.1 Å². The minimum absolute atomic E-state index is 0.0654. The van der Waals surface area contributed by atoms with Crippen LogP contribution in [-0.2, 0) is 16.1 Å². The maximum absolute atomic E-state index is 12.3. The third-order valence-electron chi connectivity index (χ3n) is 3.40. The number of aromatic nitrogens is 2. The summed E-state index contributed by atoms with van der Waals surface area (Å²) in [7, 11) is 0. The SMILES string of the molecule is O=C(O)C(=O)O.O=c1c2ccccc2ncn1CCOc1ccc(Cl)cc1Br. The molecule has 0 unspecified atom stereocenters. The predicted octanol–water partition coefficient (Wildman–Crippen LogP) is 3.05. The largest absolute Gasteiger partial charge is 0.491 e. The van der Waals surface area contributed by atoms with Gasteiger partial charge in [-0.3, -0.25) is 9.36 Å². The van der Waals surface area contributed by atoms with Crippen LogP contribution in [0.1, 0.15) is 0 Å². The Hall–Kier alpha value is -2.91. The number of carboxylic acids is 2. The first-order chi connectivity index (χ1) is 13.3. The van der Waals surface area contributed by atoms with Crippen molar-refractivity contribution >= 4 is 50.4 Å². The lowest BCUT2D eigenvalue weighted by atomic mass is 10.2. The molecule has 0 saturated carbocycles. The predicted molar refractivity (Wildman–Crippen MR) is 106 cm³/mol. The van der Waals surface area contributed by atoms with Gasteiger partial charge in [0.15, 0.2) is 0 Å². The third kappa shape index (κ3) is 5.80. The molecule has 3 rings (SSSR count). The Morgan fingerprint density at radius 3 is 2.46 bits per heavy atom. The molecule has 0 aliphatic heterocycles. The van der Waals surface area contributed by atoms with E-state index in [9.17, 15) is 4.79 Å². The topological polar surface area (TPSA) is 119 Å². The Kier molecular flexibility index (Phi) is 7.53. The van der Waals surface area contributed by atoms with Crippen LogP contribution in [0.15, 0.2) is 58.1 Å². The molecule has 0 aliphatic rings. The second kappa shape index (κ2) is 9.86. The zero-order valence-electron chi connectivity index (χ0n) is 14.2. The van der Waals surface area contributed by atoms with Gasteiger partial charge in [0, 0.05) is 5.02 Å². The summed E-state index contributed by atoms with van der Waals surface area (Å²) in [5, 5.41) is 16.0. The van der Waals surface area contributed by atoms with Crippen LogP contribution in [0.2, 0.25) is 5.02 Å². The molecule has 8 nitrogen and oxygen atoms in total. The van der Waals surface area contributed by atoms with Crippen molar-refractivity contribution in [2.75, 3.05) is 6.61 Å². The first-order valence-corrected chi connectivity index (χ1v) is 8.95. The van der Waals surface area contributed by atoms with Crippen molar-refractivity contribution in [1.29, 1.82) is 0 Å². The van der Waals surface area contributed by atoms with Gasteiger partial charge in [0.05, 0.1) is 28.2 Å². The molecule has 2 N–H and O–H groups in total. The molecule has 0 spiro atoms. The van der Waals surface area contributed by atoms with E-state index in [1.807, 2.05) is 18.2 Å². The van der Waals surface area contributed by atoms with Gasteiger partial charge < -0.3 is 14.9 Å². The average molecular weight is 470 g/mol. The standard InChI is InChI=1S/C16H12BrClN2O2.C2H2O4/c17-13-9-11(18)5-6-15(13)22-8-7-20-10-19-14-4-2-1-3-12(14)16(20)21;3-1(4)2(5)6/h1-6,9-10H,7-8H2;(H,3,4)(H,5,6). The Bertz CT molecular complexity index is 1060. The zero-order valence-corrected chi connectivity index (χ0v) is 16.6. The number of para-hydroxylation sites is 1. The van der Waals surface area contributed by atoms with Gasteiger partial charge in [-0.1, -0.05) is 23.7 Å². The molecule has 10 heteroatoms. The number of benzene rings is 2. The van der Waals surface area contributed by atoms with E-state index < -0.39 is 11.9 Å². The van der Waals surface area contributed by atoms with Gasteiger partial charge in [-0.2, -0.15) is 0 Å². The maximum atomic E-state index is 12.3. The molecule has 0 saturated heterocycles. The fourth-order valence-electron chi connectivity index (χ4n) is 2.11. The van der Waals surface area contributed by atoms with E-state index in [0.29, 0.717) is 34.8 Å². The summed E-state index contributed by atoms with van der Waals surface area (Å²) < 4.78 is 8.00. The first-order valence-electron chi connectivity index (χ1n) is 7.78. The van der Waals surface area contributed by atoms with E-state index in [2.05, 4.69) is 20.9 Å². The van der Waals surface area contributed by atoms with Crippen LogP contribution in [0.3, 0.4) is 0 Å². The number of carbonyl (C=O) groups is 2. The van der Waals surface area contributed by atoms with E-state index in [-0.39, 0.29) is 5.56 Å². The lowest BCUT2D eigenvalue weighted by molar-refractivity contribution is -0.159. The summed E-state index contributed by atoms with van der Waals surface area (Å²) >= 11 is 9.27. The van der Waals surface area contributed by atoms with Gasteiger partial charge in [0.25, 0.3) is 5.56 Å². The second-order valence-corrected chi connectivity index (χ2v) is 6.58. The third-order valence-corrected chi connectivity index (χ3v) is 4.25. The number of nitrogens with zero attached hydrogens (tertiary/aromatic N) is 2. The summed E-state index contributed by atoms with van der Waals surface area (Å²) in [6.45, 7) is 0.784. The Balaban J connectivity index is 0.000000409. The number of hydrogen-bond acceptors (Lipinski definition) is 5. The fourth-order valence-corrected chi connectivity index (χ4v) is 2.91. The molecular formula is C18H14BrClN2O6. The molecule has 28 heavy (non-hydrogen) atoms. The number of fused-ring (bicyclic) bond motifs is 1. The smallest absolute Gasteiger partial charge is 0.414 e. The highest BCUT2D eigenvalue weighted by molar-refractivity contribution is 9.10. The van der Waals surface area contributed by atoms with Crippen LogP contribution < -0.4 is 10.3 Å². The minimum atomic E-state index is -1.82. The maximum Gasteiger partial charge on any atom is 0.414 e. The van der Waals surface area contributed by atoms with Crippen LogP contribution in [0, 0.1) is 0 Å². The monoisotopic (exact) mass is 468 g/mol. The van der Waals surface area contributed by atoms with Crippen LogP contribution in [-0.4, -0.2) is 38.3 Å². The van der Waals surface area contributed by atoms with Crippen molar-refractivity contribution < 1.29 is 24.5 Å². The zero-order chi connectivity index (χ0) is 20.7. The number of hydrogen-bond donors (Lipinski definition) is 2. The number of aliphatic carboxylic acids is 2. The Morgan fingerprint density at radius 1 is 1.14 bits per heavy atom. The highest BCUT2D eigenvalue weighted by Crippen LogP contribution is 2.27. The van der Waals surface area contributed by atoms with Crippen molar-refractivity contribution in [2.45, 2.75) is 6.54 Å². The minimum Gasteiger partial charge on any atom is -0.491 e. The highest BCUT2D eigenvalue weighted by atomic mass is 79.9. The number of rotatable bonds is 4.